The second kappa shape index (κ2) is 8.36. The summed E-state index contributed by atoms with van der Waals surface area (Å²) in [7, 11) is 0. The van der Waals surface area contributed by atoms with Crippen molar-refractivity contribution >= 4 is 36.1 Å². The van der Waals surface area contributed by atoms with Gasteiger partial charge in [-0.05, 0) is 103 Å². The monoisotopic (exact) mass is 468 g/mol. The van der Waals surface area contributed by atoms with E-state index in [0.29, 0.717) is 0 Å². The first-order valence-electron chi connectivity index (χ1n) is 12.0. The van der Waals surface area contributed by atoms with E-state index in [4.69, 9.17) is 4.99 Å². The van der Waals surface area contributed by atoms with E-state index in [9.17, 15) is 0 Å². The molecule has 7 heterocycles. The Balaban J connectivity index is 1.32. The van der Waals surface area contributed by atoms with Crippen LogP contribution in [0.5, 0.6) is 0 Å². The minimum absolute atomic E-state index is 0.812. The largest absolute Gasteiger partial charge is 0.359 e. The van der Waals surface area contributed by atoms with Crippen molar-refractivity contribution in [2.24, 2.45) is 4.99 Å². The van der Waals surface area contributed by atoms with Crippen LogP contribution in [0.15, 0.2) is 83.5 Å². The first kappa shape index (κ1) is 20.4. The van der Waals surface area contributed by atoms with Crippen molar-refractivity contribution in [3.8, 4) is 0 Å². The van der Waals surface area contributed by atoms with Crippen molar-refractivity contribution in [1.29, 1.82) is 0 Å². The van der Waals surface area contributed by atoms with Gasteiger partial charge in [-0.3, -0.25) is 0 Å². The maximum absolute atomic E-state index is 4.75. The zero-order chi connectivity index (χ0) is 23.9. The predicted octanol–water partition coefficient (Wildman–Crippen LogP) is 2.55. The molecule has 5 aromatic rings. The number of aromatic nitrogens is 5. The van der Waals surface area contributed by atoms with Gasteiger partial charge in [-0.15, -0.1) is 0 Å². The van der Waals surface area contributed by atoms with E-state index >= 15 is 0 Å². The van der Waals surface area contributed by atoms with E-state index in [1.807, 2.05) is 12.2 Å². The van der Waals surface area contributed by atoms with Crippen LogP contribution in [0.4, 0.5) is 0 Å². The highest BCUT2D eigenvalue weighted by atomic mass is 14.8. The number of hydrogen-bond acceptors (Lipinski definition) is 1. The van der Waals surface area contributed by atoms with Gasteiger partial charge in [-0.1, -0.05) is 0 Å². The first-order valence-corrected chi connectivity index (χ1v) is 12.0. The van der Waals surface area contributed by atoms with Crippen LogP contribution < -0.4 is 21.4 Å². The van der Waals surface area contributed by atoms with Crippen molar-refractivity contribution in [2.75, 3.05) is 0 Å². The Morgan fingerprint density at radius 3 is 1.56 bits per heavy atom. The highest BCUT2D eigenvalue weighted by Gasteiger charge is 2.04. The standard InChI is InChI=1S/C30H24N6/c1-2-20-14-22-5-6-24(33-22)16-26-9-10-28(35-26)18-30-12-11-29(36-30)17-27-8-7-25(34-27)15-23-4-3-21(32-23)13-19(1)31-20/h1-17,31,33-36H,18H2/b21-13-,22-14+,24-16+,25-15+,27-17+. The Hall–Kier alpha value is -4.97. The molecule has 0 aliphatic carbocycles. The molecule has 2 aliphatic heterocycles. The smallest absolute Gasteiger partial charge is 0.0658 e. The Kier molecular flexibility index (Phi) is 4.74. The molecule has 0 atom stereocenters. The molecule has 36 heavy (non-hydrogen) atoms. The number of allylic oxidation sites excluding steroid dienone is 2. The van der Waals surface area contributed by atoms with E-state index in [1.54, 1.807) is 0 Å². The fourth-order valence-corrected chi connectivity index (χ4v) is 4.67. The van der Waals surface area contributed by atoms with E-state index in [-0.39, 0.29) is 0 Å². The van der Waals surface area contributed by atoms with Gasteiger partial charge in [-0.25, -0.2) is 4.99 Å². The lowest BCUT2D eigenvalue weighted by molar-refractivity contribution is 1.04. The molecule has 0 amide bonds. The van der Waals surface area contributed by atoms with E-state index in [2.05, 4.69) is 116 Å². The number of nitrogens with one attached hydrogen (secondary N) is 5. The van der Waals surface area contributed by atoms with E-state index in [0.717, 1.165) is 73.4 Å². The normalized spacial score (nSPS) is 19.8. The summed E-state index contributed by atoms with van der Waals surface area (Å²) in [5.74, 6) is 0. The molecule has 0 unspecified atom stereocenters. The van der Waals surface area contributed by atoms with Crippen molar-refractivity contribution in [3.05, 3.63) is 134 Å². The lowest BCUT2D eigenvalue weighted by atomic mass is 10.2. The Morgan fingerprint density at radius 2 is 0.944 bits per heavy atom. The number of H-pyrrole nitrogens is 5. The van der Waals surface area contributed by atoms with Crippen LogP contribution in [-0.2, 0) is 6.42 Å². The predicted molar refractivity (Wildman–Crippen MR) is 145 cm³/mol. The maximum Gasteiger partial charge on any atom is 0.0658 e. The van der Waals surface area contributed by atoms with Crippen LogP contribution >= 0.6 is 0 Å². The van der Waals surface area contributed by atoms with Gasteiger partial charge in [0.05, 0.1) is 11.4 Å². The summed E-state index contributed by atoms with van der Waals surface area (Å²) in [4.78, 5) is 22.2. The second-order valence-corrected chi connectivity index (χ2v) is 9.18. The maximum atomic E-state index is 4.75. The van der Waals surface area contributed by atoms with Crippen molar-refractivity contribution in [1.82, 2.24) is 24.9 Å². The molecular formula is C30H24N6. The lowest BCUT2D eigenvalue weighted by Gasteiger charge is -1.95. The van der Waals surface area contributed by atoms with Gasteiger partial charge in [0, 0.05) is 62.0 Å². The molecule has 174 valence electrons. The molecule has 7 rings (SSSR count). The highest BCUT2D eigenvalue weighted by molar-refractivity contribution is 6.19. The summed E-state index contributed by atoms with van der Waals surface area (Å²) in [6.07, 6.45) is 15.3. The molecule has 5 N–H and O–H groups in total. The number of hydrogen-bond donors (Lipinski definition) is 5. The number of fused-ring (bicyclic) bond motifs is 11. The fraction of sp³-hybridized carbons (Fsp3) is 0.0333. The molecule has 6 nitrogen and oxygen atoms in total. The molecule has 12 bridgehead atoms. The average molecular weight is 469 g/mol. The second-order valence-electron chi connectivity index (χ2n) is 9.18. The van der Waals surface area contributed by atoms with Gasteiger partial charge in [-0.2, -0.15) is 0 Å². The van der Waals surface area contributed by atoms with Gasteiger partial charge in [0.2, 0.25) is 0 Å². The number of nitrogens with zero attached hydrogens (tertiary/aromatic N) is 1. The summed E-state index contributed by atoms with van der Waals surface area (Å²) in [5, 5.41) is 4.15. The number of aliphatic imine (C=N–C) groups is 1. The molecule has 0 aromatic carbocycles. The minimum atomic E-state index is 0.812. The summed E-state index contributed by atoms with van der Waals surface area (Å²) >= 11 is 0. The van der Waals surface area contributed by atoms with Gasteiger partial charge in [0.25, 0.3) is 0 Å². The van der Waals surface area contributed by atoms with Crippen LogP contribution in [0.3, 0.4) is 0 Å². The molecular weight excluding hydrogens is 444 g/mol. The van der Waals surface area contributed by atoms with E-state index < -0.39 is 0 Å². The van der Waals surface area contributed by atoms with Crippen LogP contribution in [0.2, 0.25) is 0 Å². The van der Waals surface area contributed by atoms with Gasteiger partial charge in [0.1, 0.15) is 0 Å². The van der Waals surface area contributed by atoms with Crippen LogP contribution in [0, 0.1) is 0 Å². The van der Waals surface area contributed by atoms with Crippen molar-refractivity contribution in [3.63, 3.8) is 0 Å². The van der Waals surface area contributed by atoms with Gasteiger partial charge >= 0.3 is 0 Å². The molecule has 6 heteroatoms. The van der Waals surface area contributed by atoms with Crippen LogP contribution in [0.1, 0.15) is 34.2 Å². The Labute approximate surface area is 206 Å². The summed E-state index contributed by atoms with van der Waals surface area (Å²) in [6, 6.07) is 21.0. The number of aromatic amines is 5. The Morgan fingerprint density at radius 1 is 0.444 bits per heavy atom. The molecule has 0 saturated carbocycles. The third kappa shape index (κ3) is 4.28. The zero-order valence-corrected chi connectivity index (χ0v) is 19.5. The van der Waals surface area contributed by atoms with Crippen molar-refractivity contribution < 1.29 is 0 Å². The summed E-state index contributed by atoms with van der Waals surface area (Å²) < 4.78 is 0. The van der Waals surface area contributed by atoms with Crippen molar-refractivity contribution in [2.45, 2.75) is 6.42 Å². The summed E-state index contributed by atoms with van der Waals surface area (Å²) in [6.45, 7) is 0. The van der Waals surface area contributed by atoms with E-state index in [1.165, 1.54) is 0 Å². The zero-order valence-electron chi connectivity index (χ0n) is 19.5. The molecule has 0 radical (unpaired) electrons. The third-order valence-electron chi connectivity index (χ3n) is 6.34. The minimum Gasteiger partial charge on any atom is -0.359 e. The average Bonchev–Trinajstić information content (AvgIpc) is 3.68. The number of rotatable bonds is 0. The fourth-order valence-electron chi connectivity index (χ4n) is 4.67. The summed E-state index contributed by atoms with van der Waals surface area (Å²) in [5.41, 5.74) is 8.35. The van der Waals surface area contributed by atoms with Gasteiger partial charge in [0.15, 0.2) is 0 Å². The molecule has 0 fully saturated rings. The topological polar surface area (TPSA) is 91.3 Å². The van der Waals surface area contributed by atoms with Crippen LogP contribution in [0.25, 0.3) is 30.4 Å². The molecule has 0 saturated heterocycles. The molecule has 0 spiro atoms. The SMILES string of the molecule is C1=C/C2=C/c3ccc([nH]3)/C=c3\cc/c([nH]3)=C\c3ccc([nH]3)Cc3ccc([nH]3)/C=c3\cc/c([nH]3)=C\C1=N2. The highest BCUT2D eigenvalue weighted by Crippen LogP contribution is 2.15. The molecule has 5 aromatic heterocycles. The molecule has 2 aliphatic rings. The van der Waals surface area contributed by atoms with Crippen LogP contribution in [-0.4, -0.2) is 30.6 Å². The first-order chi connectivity index (χ1) is 17.7. The quantitative estimate of drug-likeness (QED) is 0.231. The lowest BCUT2D eigenvalue weighted by Crippen LogP contribution is -2.10. The Bertz CT molecular complexity index is 1920. The van der Waals surface area contributed by atoms with Gasteiger partial charge < -0.3 is 24.9 Å². The third-order valence-corrected chi connectivity index (χ3v) is 6.34.